The largest absolute Gasteiger partial charge is 0.369 e. The summed E-state index contributed by atoms with van der Waals surface area (Å²) in [5, 5.41) is 8.46. The highest BCUT2D eigenvalue weighted by Gasteiger charge is 2.09. The molecule has 4 rings (SSSR count). The van der Waals surface area contributed by atoms with E-state index in [0.29, 0.717) is 23.4 Å². The first-order valence-corrected chi connectivity index (χ1v) is 12.5. The number of hydrogen-bond acceptors (Lipinski definition) is 5. The molecule has 4 N–H and O–H groups in total. The summed E-state index contributed by atoms with van der Waals surface area (Å²) in [5.41, 5.74) is 10.0. The van der Waals surface area contributed by atoms with Gasteiger partial charge in [-0.05, 0) is 73.8 Å². The molecule has 0 spiro atoms. The maximum absolute atomic E-state index is 6.25. The van der Waals surface area contributed by atoms with Crippen LogP contribution in [0.15, 0.2) is 72.8 Å². The summed E-state index contributed by atoms with van der Waals surface area (Å²) in [5.74, 6) is 1.47. The van der Waals surface area contributed by atoms with E-state index in [1.807, 2.05) is 43.5 Å². The number of anilines is 1. The third kappa shape index (κ3) is 6.89. The van der Waals surface area contributed by atoms with Crippen molar-refractivity contribution in [2.45, 2.75) is 25.3 Å². The van der Waals surface area contributed by atoms with Gasteiger partial charge in [-0.15, -0.1) is 0 Å². The molecule has 5 nitrogen and oxygen atoms in total. The summed E-state index contributed by atoms with van der Waals surface area (Å²) in [6.45, 7) is 1.52. The van der Waals surface area contributed by atoms with Gasteiger partial charge in [0.25, 0.3) is 0 Å². The molecule has 1 unspecified atom stereocenters. The molecule has 0 fully saturated rings. The second kappa shape index (κ2) is 12.5. The summed E-state index contributed by atoms with van der Waals surface area (Å²) >= 11 is 6.25. The fourth-order valence-electron chi connectivity index (χ4n) is 4.11. The van der Waals surface area contributed by atoms with E-state index >= 15 is 0 Å². The highest BCUT2D eigenvalue weighted by Crippen LogP contribution is 2.25. The zero-order chi connectivity index (χ0) is 24.5. The summed E-state index contributed by atoms with van der Waals surface area (Å²) < 4.78 is 0. The van der Waals surface area contributed by atoms with Crippen molar-refractivity contribution in [3.8, 4) is 11.1 Å². The van der Waals surface area contributed by atoms with Crippen LogP contribution in [0.4, 0.5) is 5.82 Å². The number of aromatic nitrogens is 2. The minimum atomic E-state index is 0.439. The lowest BCUT2D eigenvalue weighted by Gasteiger charge is -2.15. The standard InChI is InChI=1S/C29H32ClN5/c1-32-25(17-18-31)8-5-19-33-29-26-15-14-24(30)20-27(26)34-28(35-29)16-11-21-9-12-23(13-10-21)22-6-3-2-4-7-22/h2-4,6-7,9-16,20,25,32H,5,8,17-19,31H2,1H3,(H,33,34,35)/b16-11+. The highest BCUT2D eigenvalue weighted by molar-refractivity contribution is 6.31. The van der Waals surface area contributed by atoms with Crippen LogP contribution in [0.25, 0.3) is 34.2 Å². The summed E-state index contributed by atoms with van der Waals surface area (Å²) in [6, 6.07) is 25.0. The van der Waals surface area contributed by atoms with E-state index in [4.69, 9.17) is 27.3 Å². The van der Waals surface area contributed by atoms with Gasteiger partial charge in [0.2, 0.25) is 0 Å². The lowest BCUT2D eigenvalue weighted by Crippen LogP contribution is -2.28. The van der Waals surface area contributed by atoms with Crippen LogP contribution in [-0.2, 0) is 0 Å². The van der Waals surface area contributed by atoms with Crippen molar-refractivity contribution in [2.24, 2.45) is 5.73 Å². The Morgan fingerprint density at radius 1 is 0.914 bits per heavy atom. The van der Waals surface area contributed by atoms with Crippen molar-refractivity contribution in [1.82, 2.24) is 15.3 Å². The van der Waals surface area contributed by atoms with Crippen LogP contribution in [0, 0.1) is 0 Å². The van der Waals surface area contributed by atoms with E-state index in [2.05, 4.69) is 59.2 Å². The van der Waals surface area contributed by atoms with Gasteiger partial charge in [-0.1, -0.05) is 72.3 Å². The van der Waals surface area contributed by atoms with E-state index in [1.165, 1.54) is 11.1 Å². The van der Waals surface area contributed by atoms with Crippen LogP contribution >= 0.6 is 11.6 Å². The molecule has 1 aromatic heterocycles. The predicted octanol–water partition coefficient (Wildman–Crippen LogP) is 6.25. The first-order valence-electron chi connectivity index (χ1n) is 12.1. The molecule has 6 heteroatoms. The number of nitrogens with zero attached hydrogens (tertiary/aromatic N) is 2. The average molecular weight is 486 g/mol. The molecule has 0 bridgehead atoms. The van der Waals surface area contributed by atoms with Gasteiger partial charge < -0.3 is 16.4 Å². The molecule has 0 aliphatic carbocycles. The van der Waals surface area contributed by atoms with Crippen LogP contribution in [0.1, 0.15) is 30.7 Å². The van der Waals surface area contributed by atoms with Crippen LogP contribution in [0.2, 0.25) is 5.02 Å². The monoisotopic (exact) mass is 485 g/mol. The molecule has 0 saturated carbocycles. The van der Waals surface area contributed by atoms with Crippen molar-refractivity contribution >= 4 is 40.5 Å². The molecule has 1 heterocycles. The van der Waals surface area contributed by atoms with E-state index in [0.717, 1.165) is 48.1 Å². The zero-order valence-corrected chi connectivity index (χ0v) is 20.8. The van der Waals surface area contributed by atoms with E-state index in [1.54, 1.807) is 0 Å². The van der Waals surface area contributed by atoms with Crippen molar-refractivity contribution < 1.29 is 0 Å². The number of hydrogen-bond donors (Lipinski definition) is 3. The fourth-order valence-corrected chi connectivity index (χ4v) is 4.27. The molecular weight excluding hydrogens is 454 g/mol. The van der Waals surface area contributed by atoms with Gasteiger partial charge in [0, 0.05) is 23.0 Å². The third-order valence-electron chi connectivity index (χ3n) is 6.06. The first kappa shape index (κ1) is 24.9. The lowest BCUT2D eigenvalue weighted by atomic mass is 10.0. The number of nitrogens with two attached hydrogens (primary N) is 1. The van der Waals surface area contributed by atoms with Gasteiger partial charge in [-0.3, -0.25) is 0 Å². The van der Waals surface area contributed by atoms with Gasteiger partial charge in [0.1, 0.15) is 5.82 Å². The van der Waals surface area contributed by atoms with Gasteiger partial charge in [0.05, 0.1) is 5.52 Å². The number of nitrogens with one attached hydrogen (secondary N) is 2. The second-order valence-electron chi connectivity index (χ2n) is 8.55. The van der Waals surface area contributed by atoms with E-state index < -0.39 is 0 Å². The molecule has 0 saturated heterocycles. The fraction of sp³-hybridized carbons (Fsp3) is 0.241. The SMILES string of the molecule is CNC(CCN)CCCNc1nc(/C=C/c2ccc(-c3ccccc3)cc2)nc2cc(Cl)ccc12. The van der Waals surface area contributed by atoms with Crippen molar-refractivity contribution in [3.63, 3.8) is 0 Å². The number of halogens is 1. The number of benzene rings is 3. The number of fused-ring (bicyclic) bond motifs is 1. The molecule has 3 aromatic carbocycles. The Kier molecular flexibility index (Phi) is 8.85. The minimum absolute atomic E-state index is 0.439. The Morgan fingerprint density at radius 2 is 1.69 bits per heavy atom. The Hall–Kier alpha value is -3.25. The topological polar surface area (TPSA) is 75.9 Å². The smallest absolute Gasteiger partial charge is 0.154 e. The Balaban J connectivity index is 1.50. The van der Waals surface area contributed by atoms with Gasteiger partial charge in [-0.25, -0.2) is 9.97 Å². The molecule has 180 valence electrons. The zero-order valence-electron chi connectivity index (χ0n) is 20.0. The number of rotatable bonds is 11. The van der Waals surface area contributed by atoms with E-state index in [9.17, 15) is 0 Å². The van der Waals surface area contributed by atoms with Gasteiger partial charge >= 0.3 is 0 Å². The Bertz CT molecular complexity index is 1260. The Labute approximate surface area is 212 Å². The third-order valence-corrected chi connectivity index (χ3v) is 6.30. The average Bonchev–Trinajstić information content (AvgIpc) is 2.89. The molecule has 35 heavy (non-hydrogen) atoms. The van der Waals surface area contributed by atoms with Crippen LogP contribution in [0.5, 0.6) is 0 Å². The van der Waals surface area contributed by atoms with Crippen molar-refractivity contribution in [3.05, 3.63) is 89.2 Å². The first-order chi connectivity index (χ1) is 17.2. The van der Waals surface area contributed by atoms with Gasteiger partial charge in [0.15, 0.2) is 5.82 Å². The summed E-state index contributed by atoms with van der Waals surface area (Å²) in [7, 11) is 1.99. The maximum atomic E-state index is 6.25. The highest BCUT2D eigenvalue weighted by atomic mass is 35.5. The van der Waals surface area contributed by atoms with Crippen molar-refractivity contribution in [1.29, 1.82) is 0 Å². The molecule has 0 amide bonds. The van der Waals surface area contributed by atoms with Crippen molar-refractivity contribution in [2.75, 3.05) is 25.5 Å². The van der Waals surface area contributed by atoms with Crippen LogP contribution in [-0.4, -0.2) is 36.1 Å². The molecule has 4 aromatic rings. The van der Waals surface area contributed by atoms with Gasteiger partial charge in [-0.2, -0.15) is 0 Å². The second-order valence-corrected chi connectivity index (χ2v) is 8.98. The quantitative estimate of drug-likeness (QED) is 0.219. The summed E-state index contributed by atoms with van der Waals surface area (Å²) in [6.07, 6.45) is 7.04. The van der Waals surface area contributed by atoms with Crippen LogP contribution in [0.3, 0.4) is 0 Å². The Morgan fingerprint density at radius 3 is 2.43 bits per heavy atom. The normalized spacial score (nSPS) is 12.3. The molecule has 0 aliphatic rings. The summed E-state index contributed by atoms with van der Waals surface area (Å²) in [4.78, 5) is 9.52. The molecular formula is C29H32ClN5. The van der Waals surface area contributed by atoms with Crippen LogP contribution < -0.4 is 16.4 Å². The minimum Gasteiger partial charge on any atom is -0.369 e. The molecule has 1 atom stereocenters. The lowest BCUT2D eigenvalue weighted by molar-refractivity contribution is 0.485. The predicted molar refractivity (Wildman–Crippen MR) is 150 cm³/mol. The molecule has 0 aliphatic heterocycles. The van der Waals surface area contributed by atoms with E-state index in [-0.39, 0.29) is 0 Å². The molecule has 0 radical (unpaired) electrons. The maximum Gasteiger partial charge on any atom is 0.154 e.